The molecule has 7 heteroatoms. The first-order chi connectivity index (χ1) is 12.3. The number of rotatable bonds is 6. The van der Waals surface area contributed by atoms with E-state index >= 15 is 0 Å². The molecule has 0 aliphatic heterocycles. The fraction of sp³-hybridized carbons (Fsp3) is 0.211. The van der Waals surface area contributed by atoms with Gasteiger partial charge in [-0.05, 0) is 48.4 Å². The van der Waals surface area contributed by atoms with Gasteiger partial charge >= 0.3 is 6.18 Å². The molecule has 2 aromatic carbocycles. The second-order valence-corrected chi connectivity index (χ2v) is 5.84. The molecule has 0 aromatic heterocycles. The topological polar surface area (TPSA) is 38.3 Å². The maximum Gasteiger partial charge on any atom is 0.416 e. The van der Waals surface area contributed by atoms with Crippen molar-refractivity contribution in [2.24, 2.45) is 0 Å². The minimum atomic E-state index is -4.51. The molecule has 3 nitrogen and oxygen atoms in total. The molecule has 0 unspecified atom stereocenters. The molecule has 1 N–H and O–H groups in total. The van der Waals surface area contributed by atoms with Crippen molar-refractivity contribution in [1.29, 1.82) is 0 Å². The third-order valence-corrected chi connectivity index (χ3v) is 3.66. The Bertz CT molecular complexity index is 786. The molecule has 0 saturated heterocycles. The van der Waals surface area contributed by atoms with Crippen LogP contribution in [0, 0.1) is 0 Å². The molecular weight excluding hydrogens is 367 g/mol. The summed E-state index contributed by atoms with van der Waals surface area (Å²) in [5.41, 5.74) is -0.234. The molecule has 2 aromatic rings. The van der Waals surface area contributed by atoms with Crippen molar-refractivity contribution in [3.8, 4) is 5.75 Å². The summed E-state index contributed by atoms with van der Waals surface area (Å²) in [6, 6.07) is 9.84. The Morgan fingerprint density at radius 1 is 1.19 bits per heavy atom. The molecule has 2 rings (SSSR count). The summed E-state index contributed by atoms with van der Waals surface area (Å²) in [6.07, 6.45) is -0.847. The molecule has 0 aliphatic carbocycles. The fourth-order valence-corrected chi connectivity index (χ4v) is 2.20. The summed E-state index contributed by atoms with van der Waals surface area (Å²) in [5.74, 6) is 0.140. The Morgan fingerprint density at radius 3 is 2.50 bits per heavy atom. The maximum atomic E-state index is 12.7. The Labute approximate surface area is 154 Å². The lowest BCUT2D eigenvalue weighted by Crippen LogP contribution is -2.11. The smallest absolute Gasteiger partial charge is 0.416 e. The molecule has 1 amide bonds. The highest BCUT2D eigenvalue weighted by Gasteiger charge is 2.31. The quantitative estimate of drug-likeness (QED) is 0.640. The fourth-order valence-electron chi connectivity index (χ4n) is 2.04. The normalized spacial score (nSPS) is 11.6. The molecule has 0 fully saturated rings. The lowest BCUT2D eigenvalue weighted by Gasteiger charge is -2.10. The molecule has 0 saturated carbocycles. The van der Waals surface area contributed by atoms with Crippen LogP contribution in [0.2, 0.25) is 5.02 Å². The summed E-state index contributed by atoms with van der Waals surface area (Å²) in [5, 5.41) is 2.38. The number of hydrogen-bond donors (Lipinski definition) is 1. The van der Waals surface area contributed by atoms with Crippen molar-refractivity contribution in [2.75, 3.05) is 11.9 Å². The van der Waals surface area contributed by atoms with Gasteiger partial charge in [0, 0.05) is 6.08 Å². The first-order valence-corrected chi connectivity index (χ1v) is 8.26. The molecule has 0 radical (unpaired) electrons. The highest BCUT2D eigenvalue weighted by Crippen LogP contribution is 2.33. The van der Waals surface area contributed by atoms with Gasteiger partial charge < -0.3 is 10.1 Å². The van der Waals surface area contributed by atoms with Gasteiger partial charge in [-0.1, -0.05) is 30.7 Å². The number of anilines is 1. The third-order valence-electron chi connectivity index (χ3n) is 3.33. The minimum Gasteiger partial charge on any atom is -0.494 e. The van der Waals surface area contributed by atoms with Crippen molar-refractivity contribution in [2.45, 2.75) is 19.5 Å². The van der Waals surface area contributed by atoms with Crippen molar-refractivity contribution in [3.05, 3.63) is 64.7 Å². The van der Waals surface area contributed by atoms with Crippen LogP contribution in [0.25, 0.3) is 6.08 Å². The van der Waals surface area contributed by atoms with E-state index in [1.807, 2.05) is 6.92 Å². The summed E-state index contributed by atoms with van der Waals surface area (Å²) in [7, 11) is 0. The molecule has 0 spiro atoms. The van der Waals surface area contributed by atoms with E-state index in [1.54, 1.807) is 30.3 Å². The third kappa shape index (κ3) is 5.81. The predicted molar refractivity (Wildman–Crippen MR) is 96.3 cm³/mol. The monoisotopic (exact) mass is 383 g/mol. The Kier molecular flexibility index (Phi) is 6.69. The average Bonchev–Trinajstić information content (AvgIpc) is 2.60. The van der Waals surface area contributed by atoms with Crippen LogP contribution in [-0.2, 0) is 11.0 Å². The van der Waals surface area contributed by atoms with Crippen LogP contribution in [0.3, 0.4) is 0 Å². The highest BCUT2D eigenvalue weighted by molar-refractivity contribution is 6.33. The molecule has 0 aliphatic rings. The first kappa shape index (κ1) is 19.8. The highest BCUT2D eigenvalue weighted by atomic mass is 35.5. The van der Waals surface area contributed by atoms with E-state index in [4.69, 9.17) is 16.3 Å². The zero-order chi connectivity index (χ0) is 19.2. The van der Waals surface area contributed by atoms with Crippen LogP contribution in [0.5, 0.6) is 5.75 Å². The van der Waals surface area contributed by atoms with Crippen molar-refractivity contribution >= 4 is 29.3 Å². The van der Waals surface area contributed by atoms with Gasteiger partial charge in [-0.15, -0.1) is 0 Å². The van der Waals surface area contributed by atoms with Gasteiger partial charge in [-0.2, -0.15) is 13.2 Å². The minimum absolute atomic E-state index is 0.0252. The average molecular weight is 384 g/mol. The van der Waals surface area contributed by atoms with Crippen LogP contribution in [-0.4, -0.2) is 12.5 Å². The lowest BCUT2D eigenvalue weighted by molar-refractivity contribution is -0.137. The van der Waals surface area contributed by atoms with Crippen molar-refractivity contribution in [3.63, 3.8) is 0 Å². The Balaban J connectivity index is 2.03. The standard InChI is InChI=1S/C19H17ClF3NO2/c1-2-11-26-15-7-3-13(4-8-15)5-10-18(25)24-17-12-14(19(21,22)23)6-9-16(17)20/h3-10,12H,2,11H2,1H3,(H,24,25). The molecule has 0 heterocycles. The van der Waals surface area contributed by atoms with Crippen LogP contribution in [0.4, 0.5) is 18.9 Å². The van der Waals surface area contributed by atoms with Gasteiger partial charge in [-0.25, -0.2) is 0 Å². The molecule has 26 heavy (non-hydrogen) atoms. The van der Waals surface area contributed by atoms with E-state index in [1.165, 1.54) is 6.08 Å². The number of ether oxygens (including phenoxy) is 1. The van der Waals surface area contributed by atoms with Gasteiger partial charge in [0.2, 0.25) is 5.91 Å². The van der Waals surface area contributed by atoms with Crippen LogP contribution < -0.4 is 10.1 Å². The number of carbonyl (C=O) groups excluding carboxylic acids is 1. The van der Waals surface area contributed by atoms with Gasteiger partial charge in [0.05, 0.1) is 22.9 Å². The van der Waals surface area contributed by atoms with E-state index in [2.05, 4.69) is 5.32 Å². The van der Waals surface area contributed by atoms with E-state index in [-0.39, 0.29) is 10.7 Å². The van der Waals surface area contributed by atoms with Crippen molar-refractivity contribution in [1.82, 2.24) is 0 Å². The number of halogens is 4. The molecule has 0 bridgehead atoms. The zero-order valence-corrected chi connectivity index (χ0v) is 14.7. The number of carbonyl (C=O) groups is 1. The summed E-state index contributed by atoms with van der Waals surface area (Å²) in [6.45, 7) is 2.63. The summed E-state index contributed by atoms with van der Waals surface area (Å²) >= 11 is 5.85. The number of alkyl halides is 3. The van der Waals surface area contributed by atoms with E-state index < -0.39 is 17.6 Å². The largest absolute Gasteiger partial charge is 0.494 e. The SMILES string of the molecule is CCCOc1ccc(C=CC(=O)Nc2cc(C(F)(F)F)ccc2Cl)cc1. The molecule has 0 atom stereocenters. The molecule has 138 valence electrons. The van der Waals surface area contributed by atoms with Crippen molar-refractivity contribution < 1.29 is 22.7 Å². The number of amides is 1. The van der Waals surface area contributed by atoms with Crippen LogP contribution >= 0.6 is 11.6 Å². The predicted octanol–water partition coefficient (Wildman–Crippen LogP) is 5.80. The number of benzene rings is 2. The summed E-state index contributed by atoms with van der Waals surface area (Å²) in [4.78, 5) is 11.9. The van der Waals surface area contributed by atoms with Gasteiger partial charge in [-0.3, -0.25) is 4.79 Å². The second kappa shape index (κ2) is 8.76. The molecular formula is C19H17ClF3NO2. The van der Waals surface area contributed by atoms with Gasteiger partial charge in [0.1, 0.15) is 5.75 Å². The van der Waals surface area contributed by atoms with Gasteiger partial charge in [0.15, 0.2) is 0 Å². The van der Waals surface area contributed by atoms with E-state index in [0.29, 0.717) is 6.61 Å². The second-order valence-electron chi connectivity index (χ2n) is 5.43. The Hall–Kier alpha value is -2.47. The number of hydrogen-bond acceptors (Lipinski definition) is 2. The van der Waals surface area contributed by atoms with Crippen LogP contribution in [0.1, 0.15) is 24.5 Å². The van der Waals surface area contributed by atoms with E-state index in [9.17, 15) is 18.0 Å². The Morgan fingerprint density at radius 2 is 1.88 bits per heavy atom. The number of nitrogens with one attached hydrogen (secondary N) is 1. The van der Waals surface area contributed by atoms with Gasteiger partial charge in [0.25, 0.3) is 0 Å². The van der Waals surface area contributed by atoms with E-state index in [0.717, 1.165) is 35.9 Å². The zero-order valence-electron chi connectivity index (χ0n) is 13.9. The summed E-state index contributed by atoms with van der Waals surface area (Å²) < 4.78 is 43.7. The first-order valence-electron chi connectivity index (χ1n) is 7.88. The van der Waals surface area contributed by atoms with Crippen LogP contribution in [0.15, 0.2) is 48.5 Å². The maximum absolute atomic E-state index is 12.7. The lowest BCUT2D eigenvalue weighted by atomic mass is 10.2.